The molecule has 0 bridgehead atoms. The summed E-state index contributed by atoms with van der Waals surface area (Å²) in [7, 11) is 0. The maximum absolute atomic E-state index is 10.2. The SMILES string of the molecule is O=[N+]([O-])C=Cc1ccnc2ccccc12. The van der Waals surface area contributed by atoms with Gasteiger partial charge in [-0.15, -0.1) is 0 Å². The Morgan fingerprint density at radius 2 is 2.07 bits per heavy atom. The van der Waals surface area contributed by atoms with Crippen LogP contribution in [0.4, 0.5) is 0 Å². The van der Waals surface area contributed by atoms with Gasteiger partial charge in [-0.2, -0.15) is 0 Å². The fourth-order valence-corrected chi connectivity index (χ4v) is 1.40. The van der Waals surface area contributed by atoms with E-state index in [1.54, 1.807) is 12.3 Å². The van der Waals surface area contributed by atoms with Crippen molar-refractivity contribution in [1.82, 2.24) is 4.98 Å². The first-order valence-corrected chi connectivity index (χ1v) is 4.43. The first-order valence-electron chi connectivity index (χ1n) is 4.43. The second-order valence-corrected chi connectivity index (χ2v) is 3.02. The van der Waals surface area contributed by atoms with Gasteiger partial charge in [-0.1, -0.05) is 18.2 Å². The number of pyridine rings is 1. The highest BCUT2D eigenvalue weighted by Gasteiger charge is 1.98. The molecule has 1 heterocycles. The van der Waals surface area contributed by atoms with Crippen molar-refractivity contribution in [3.05, 3.63) is 58.4 Å². The van der Waals surface area contributed by atoms with Crippen molar-refractivity contribution in [2.45, 2.75) is 0 Å². The first-order chi connectivity index (χ1) is 7.27. The number of nitrogens with zero attached hydrogens (tertiary/aromatic N) is 2. The van der Waals surface area contributed by atoms with Gasteiger partial charge in [0.15, 0.2) is 0 Å². The summed E-state index contributed by atoms with van der Waals surface area (Å²) in [5.41, 5.74) is 1.64. The van der Waals surface area contributed by atoms with E-state index in [0.717, 1.165) is 22.7 Å². The van der Waals surface area contributed by atoms with Crippen LogP contribution in [0.15, 0.2) is 42.7 Å². The Labute approximate surface area is 86.0 Å². The fourth-order valence-electron chi connectivity index (χ4n) is 1.40. The Morgan fingerprint density at radius 3 is 2.87 bits per heavy atom. The predicted octanol–water partition coefficient (Wildman–Crippen LogP) is 2.48. The second kappa shape index (κ2) is 3.88. The van der Waals surface area contributed by atoms with Gasteiger partial charge in [-0.3, -0.25) is 15.1 Å². The van der Waals surface area contributed by atoms with Gasteiger partial charge in [0.1, 0.15) is 0 Å². The van der Waals surface area contributed by atoms with Gasteiger partial charge in [-0.05, 0) is 17.7 Å². The zero-order valence-electron chi connectivity index (χ0n) is 7.83. The summed E-state index contributed by atoms with van der Waals surface area (Å²) >= 11 is 0. The molecule has 0 aliphatic heterocycles. The molecule has 1 aromatic heterocycles. The van der Waals surface area contributed by atoms with Crippen molar-refractivity contribution in [3.63, 3.8) is 0 Å². The molecule has 0 saturated heterocycles. The molecule has 0 unspecified atom stereocenters. The van der Waals surface area contributed by atoms with E-state index in [1.807, 2.05) is 24.3 Å². The predicted molar refractivity (Wildman–Crippen MR) is 57.8 cm³/mol. The van der Waals surface area contributed by atoms with Crippen LogP contribution in [0.25, 0.3) is 17.0 Å². The van der Waals surface area contributed by atoms with Crippen LogP contribution in [0.5, 0.6) is 0 Å². The van der Waals surface area contributed by atoms with Gasteiger partial charge in [0.05, 0.1) is 10.4 Å². The lowest BCUT2D eigenvalue weighted by molar-refractivity contribution is -0.400. The van der Waals surface area contributed by atoms with Gasteiger partial charge in [0.2, 0.25) is 6.20 Å². The number of hydrogen-bond donors (Lipinski definition) is 0. The van der Waals surface area contributed by atoms with Crippen LogP contribution in [-0.4, -0.2) is 9.91 Å². The lowest BCUT2D eigenvalue weighted by Gasteiger charge is -1.98. The van der Waals surface area contributed by atoms with Crippen LogP contribution < -0.4 is 0 Å². The van der Waals surface area contributed by atoms with Crippen molar-refractivity contribution in [1.29, 1.82) is 0 Å². The monoisotopic (exact) mass is 200 g/mol. The molecule has 0 saturated carbocycles. The van der Waals surface area contributed by atoms with Crippen LogP contribution in [0.2, 0.25) is 0 Å². The number of nitro groups is 1. The average Bonchev–Trinajstić information content (AvgIpc) is 2.26. The largest absolute Gasteiger partial charge is 0.259 e. The average molecular weight is 200 g/mol. The number of hydrogen-bond acceptors (Lipinski definition) is 3. The molecule has 15 heavy (non-hydrogen) atoms. The molecular formula is C11H8N2O2. The maximum atomic E-state index is 10.2. The summed E-state index contributed by atoms with van der Waals surface area (Å²) in [6, 6.07) is 9.28. The van der Waals surface area contributed by atoms with Crippen molar-refractivity contribution in [2.24, 2.45) is 0 Å². The van der Waals surface area contributed by atoms with Gasteiger partial charge in [0, 0.05) is 17.7 Å². The van der Waals surface area contributed by atoms with Crippen LogP contribution in [0.3, 0.4) is 0 Å². The van der Waals surface area contributed by atoms with Crippen LogP contribution in [0, 0.1) is 10.1 Å². The third kappa shape index (κ3) is 1.99. The number of rotatable bonds is 2. The zero-order valence-corrected chi connectivity index (χ0v) is 7.83. The van der Waals surface area contributed by atoms with Crippen molar-refractivity contribution in [3.8, 4) is 0 Å². The van der Waals surface area contributed by atoms with Crippen molar-refractivity contribution < 1.29 is 4.92 Å². The Kier molecular flexibility index (Phi) is 2.41. The Balaban J connectivity index is 2.56. The highest BCUT2D eigenvalue weighted by atomic mass is 16.6. The van der Waals surface area contributed by atoms with Crippen molar-refractivity contribution in [2.75, 3.05) is 0 Å². The third-order valence-electron chi connectivity index (χ3n) is 2.06. The molecule has 2 aromatic rings. The summed E-state index contributed by atoms with van der Waals surface area (Å²) in [6.07, 6.45) is 4.05. The lowest BCUT2D eigenvalue weighted by Crippen LogP contribution is -1.85. The smallest absolute Gasteiger partial charge is 0.235 e. The molecule has 0 amide bonds. The van der Waals surface area contributed by atoms with Gasteiger partial charge >= 0.3 is 0 Å². The Bertz CT molecular complexity index is 530. The molecular weight excluding hydrogens is 192 g/mol. The molecule has 1 aromatic carbocycles. The van der Waals surface area contributed by atoms with E-state index in [2.05, 4.69) is 4.98 Å². The minimum absolute atomic E-state index is 0.477. The molecule has 0 atom stereocenters. The minimum atomic E-state index is -0.477. The fraction of sp³-hybridized carbons (Fsp3) is 0. The van der Waals surface area contributed by atoms with E-state index in [1.165, 1.54) is 6.08 Å². The van der Waals surface area contributed by atoms with Crippen LogP contribution in [0.1, 0.15) is 5.56 Å². The zero-order chi connectivity index (χ0) is 10.7. The normalized spacial score (nSPS) is 10.9. The summed E-state index contributed by atoms with van der Waals surface area (Å²) in [6.45, 7) is 0. The van der Waals surface area contributed by atoms with Gasteiger partial charge in [-0.25, -0.2) is 0 Å². The minimum Gasteiger partial charge on any atom is -0.259 e. The van der Waals surface area contributed by atoms with E-state index >= 15 is 0 Å². The van der Waals surface area contributed by atoms with E-state index in [9.17, 15) is 10.1 Å². The van der Waals surface area contributed by atoms with E-state index in [4.69, 9.17) is 0 Å². The number of para-hydroxylation sites is 1. The van der Waals surface area contributed by atoms with E-state index < -0.39 is 4.92 Å². The highest BCUT2D eigenvalue weighted by Crippen LogP contribution is 2.17. The van der Waals surface area contributed by atoms with Gasteiger partial charge < -0.3 is 0 Å². The van der Waals surface area contributed by atoms with Crippen molar-refractivity contribution >= 4 is 17.0 Å². The summed E-state index contributed by atoms with van der Waals surface area (Å²) in [5, 5.41) is 11.1. The summed E-state index contributed by atoms with van der Waals surface area (Å²) in [4.78, 5) is 13.9. The lowest BCUT2D eigenvalue weighted by atomic mass is 10.1. The Morgan fingerprint density at radius 1 is 1.27 bits per heavy atom. The van der Waals surface area contributed by atoms with Crippen LogP contribution >= 0.6 is 0 Å². The number of aromatic nitrogens is 1. The number of fused-ring (bicyclic) bond motifs is 1. The molecule has 0 aliphatic rings. The standard InChI is InChI=1S/C11H8N2O2/c14-13(15)8-6-9-5-7-12-11-4-2-1-3-10(9)11/h1-8H. The third-order valence-corrected chi connectivity index (χ3v) is 2.06. The Hall–Kier alpha value is -2.23. The maximum Gasteiger partial charge on any atom is 0.235 e. The highest BCUT2D eigenvalue weighted by molar-refractivity contribution is 5.87. The van der Waals surface area contributed by atoms with E-state index in [0.29, 0.717) is 0 Å². The van der Waals surface area contributed by atoms with Crippen LogP contribution in [-0.2, 0) is 0 Å². The van der Waals surface area contributed by atoms with Gasteiger partial charge in [0.25, 0.3) is 0 Å². The molecule has 4 heteroatoms. The quantitative estimate of drug-likeness (QED) is 0.552. The first kappa shape index (κ1) is 9.33. The number of benzene rings is 1. The molecule has 0 fully saturated rings. The summed E-state index contributed by atoms with van der Waals surface area (Å²) < 4.78 is 0. The summed E-state index contributed by atoms with van der Waals surface area (Å²) in [5.74, 6) is 0. The molecule has 74 valence electrons. The molecule has 0 N–H and O–H groups in total. The topological polar surface area (TPSA) is 56.0 Å². The second-order valence-electron chi connectivity index (χ2n) is 3.02. The van der Waals surface area contributed by atoms with E-state index in [-0.39, 0.29) is 0 Å². The molecule has 4 nitrogen and oxygen atoms in total. The molecule has 2 rings (SSSR count). The molecule has 0 spiro atoms. The molecule has 0 radical (unpaired) electrons. The molecule has 0 aliphatic carbocycles.